The van der Waals surface area contributed by atoms with Gasteiger partial charge < -0.3 is 10.6 Å². The average Bonchev–Trinajstić information content (AvgIpc) is 2.91. The molecule has 0 bridgehead atoms. The number of amides is 1. The van der Waals surface area contributed by atoms with Crippen molar-refractivity contribution in [1.82, 2.24) is 0 Å². The molecule has 0 unspecified atom stereocenters. The Labute approximate surface area is 236 Å². The minimum absolute atomic E-state index is 0.0244. The molecule has 1 aliphatic rings. The van der Waals surface area contributed by atoms with Gasteiger partial charge in [0.1, 0.15) is 0 Å². The van der Waals surface area contributed by atoms with Gasteiger partial charge in [0, 0.05) is 16.8 Å². The summed E-state index contributed by atoms with van der Waals surface area (Å²) in [6.45, 7) is 0. The number of hydrogen-bond acceptors (Lipinski definition) is 4. The van der Waals surface area contributed by atoms with Crippen LogP contribution in [0.25, 0.3) is 0 Å². The van der Waals surface area contributed by atoms with Crippen LogP contribution in [-0.2, 0) is 0 Å². The summed E-state index contributed by atoms with van der Waals surface area (Å²) in [4.78, 5) is 40.6. The van der Waals surface area contributed by atoms with E-state index in [2.05, 4.69) is 10.6 Å². The predicted molar refractivity (Wildman–Crippen MR) is 149 cm³/mol. The third-order valence-corrected chi connectivity index (χ3v) is 8.09. The number of anilines is 3. The van der Waals surface area contributed by atoms with Gasteiger partial charge in [-0.3, -0.25) is 14.4 Å². The predicted octanol–water partition coefficient (Wildman–Crippen LogP) is 8.72. The van der Waals surface area contributed by atoms with Crippen molar-refractivity contribution in [3.8, 4) is 0 Å². The molecule has 1 amide bonds. The van der Waals surface area contributed by atoms with Crippen LogP contribution in [-0.4, -0.2) is 17.5 Å². The molecule has 4 aromatic rings. The SMILES string of the molecule is O=C(Nc1ccc(Nc2ccccc2)c2c1C(=O)c1ccccc1C2=O)c1c(Cl)c(Cl)c(Cl)c(Cl)c1Cl. The van der Waals surface area contributed by atoms with Crippen molar-refractivity contribution in [3.63, 3.8) is 0 Å². The molecular weight excluding hydrogens is 578 g/mol. The smallest absolute Gasteiger partial charge is 0.258 e. The van der Waals surface area contributed by atoms with E-state index in [1.165, 1.54) is 6.07 Å². The van der Waals surface area contributed by atoms with Crippen molar-refractivity contribution in [3.05, 3.63) is 120 Å². The largest absolute Gasteiger partial charge is 0.355 e. The van der Waals surface area contributed by atoms with E-state index < -0.39 is 11.7 Å². The van der Waals surface area contributed by atoms with Crippen molar-refractivity contribution < 1.29 is 14.4 Å². The first kappa shape index (κ1) is 25.6. The molecule has 0 aliphatic heterocycles. The van der Waals surface area contributed by atoms with Crippen molar-refractivity contribution in [1.29, 1.82) is 0 Å². The molecule has 0 radical (unpaired) electrons. The molecule has 0 aromatic heterocycles. The third-order valence-electron chi connectivity index (χ3n) is 5.81. The fourth-order valence-electron chi connectivity index (χ4n) is 4.10. The molecule has 0 saturated heterocycles. The standard InChI is InChI=1S/C27H13Cl5N2O3/c28-20-19(21(29)23(31)24(32)22(20)30)27(37)34-16-11-10-15(33-12-6-2-1-3-7-12)17-18(16)26(36)14-9-5-4-8-13(14)25(17)35/h1-11,33H,(H,34,37). The van der Waals surface area contributed by atoms with Crippen LogP contribution in [0.4, 0.5) is 17.1 Å². The van der Waals surface area contributed by atoms with Gasteiger partial charge in [-0.05, 0) is 24.3 Å². The third kappa shape index (κ3) is 4.37. The first-order valence-corrected chi connectivity index (χ1v) is 12.6. The minimum Gasteiger partial charge on any atom is -0.355 e. The summed E-state index contributed by atoms with van der Waals surface area (Å²) in [5.41, 5.74) is 1.61. The van der Waals surface area contributed by atoms with Crippen LogP contribution < -0.4 is 10.6 Å². The minimum atomic E-state index is -0.791. The molecule has 37 heavy (non-hydrogen) atoms. The molecule has 1 aliphatic carbocycles. The second kappa shape index (κ2) is 10.0. The first-order chi connectivity index (χ1) is 17.7. The molecule has 2 N–H and O–H groups in total. The Bertz CT molecular complexity index is 1610. The number of fused-ring (bicyclic) bond motifs is 2. The second-order valence-corrected chi connectivity index (χ2v) is 9.89. The summed E-state index contributed by atoms with van der Waals surface area (Å²) >= 11 is 30.8. The van der Waals surface area contributed by atoms with Crippen molar-refractivity contribution in [2.24, 2.45) is 0 Å². The molecule has 4 aromatic carbocycles. The lowest BCUT2D eigenvalue weighted by Gasteiger charge is -2.24. The fraction of sp³-hybridized carbons (Fsp3) is 0. The zero-order valence-corrected chi connectivity index (χ0v) is 22.2. The zero-order valence-electron chi connectivity index (χ0n) is 18.5. The van der Waals surface area contributed by atoms with Crippen LogP contribution in [0.3, 0.4) is 0 Å². The molecule has 0 heterocycles. The van der Waals surface area contributed by atoms with E-state index in [4.69, 9.17) is 58.0 Å². The highest BCUT2D eigenvalue weighted by Gasteiger charge is 2.35. The molecule has 0 fully saturated rings. The number of carbonyl (C=O) groups excluding carboxylic acids is 3. The Kier molecular flexibility index (Phi) is 6.92. The van der Waals surface area contributed by atoms with Crippen LogP contribution in [0, 0.1) is 0 Å². The topological polar surface area (TPSA) is 75.3 Å². The van der Waals surface area contributed by atoms with E-state index in [1.807, 2.05) is 30.3 Å². The summed E-state index contributed by atoms with van der Waals surface area (Å²) in [6.07, 6.45) is 0. The highest BCUT2D eigenvalue weighted by molar-refractivity contribution is 6.56. The lowest BCUT2D eigenvalue weighted by Crippen LogP contribution is -2.25. The van der Waals surface area contributed by atoms with Gasteiger partial charge in [-0.1, -0.05) is 100 Å². The van der Waals surface area contributed by atoms with E-state index in [0.717, 1.165) is 0 Å². The molecule has 0 atom stereocenters. The number of halogens is 5. The van der Waals surface area contributed by atoms with Crippen LogP contribution in [0.1, 0.15) is 42.2 Å². The molecule has 5 rings (SSSR count). The number of para-hydroxylation sites is 1. The summed E-state index contributed by atoms with van der Waals surface area (Å²) in [7, 11) is 0. The maximum Gasteiger partial charge on any atom is 0.258 e. The average molecular weight is 591 g/mol. The van der Waals surface area contributed by atoms with Crippen molar-refractivity contribution in [2.75, 3.05) is 10.6 Å². The lowest BCUT2D eigenvalue weighted by atomic mass is 9.82. The second-order valence-electron chi connectivity index (χ2n) is 8.00. The zero-order chi connectivity index (χ0) is 26.4. The molecule has 5 nitrogen and oxygen atoms in total. The molecule has 0 spiro atoms. The number of benzene rings is 4. The van der Waals surface area contributed by atoms with Crippen LogP contribution in [0.2, 0.25) is 25.1 Å². The number of ketones is 2. The van der Waals surface area contributed by atoms with E-state index in [0.29, 0.717) is 11.4 Å². The van der Waals surface area contributed by atoms with Crippen molar-refractivity contribution in [2.45, 2.75) is 0 Å². The van der Waals surface area contributed by atoms with Crippen LogP contribution >= 0.6 is 58.0 Å². The number of carbonyl (C=O) groups is 3. The Balaban J connectivity index is 1.66. The summed E-state index contributed by atoms with van der Waals surface area (Å²) in [5.74, 6) is -1.59. The van der Waals surface area contributed by atoms with Gasteiger partial charge >= 0.3 is 0 Å². The number of rotatable bonds is 4. The maximum absolute atomic E-state index is 13.6. The molecule has 10 heteroatoms. The van der Waals surface area contributed by atoms with Gasteiger partial charge in [-0.2, -0.15) is 0 Å². The molecule has 0 saturated carbocycles. The highest BCUT2D eigenvalue weighted by atomic mass is 35.5. The fourth-order valence-corrected chi connectivity index (χ4v) is 5.41. The van der Waals surface area contributed by atoms with Gasteiger partial charge in [0.15, 0.2) is 11.6 Å². The highest BCUT2D eigenvalue weighted by Crippen LogP contribution is 2.44. The van der Waals surface area contributed by atoms with Gasteiger partial charge in [0.05, 0.1) is 53.2 Å². The quantitative estimate of drug-likeness (QED) is 0.162. The molecular formula is C27H13Cl5N2O3. The van der Waals surface area contributed by atoms with E-state index >= 15 is 0 Å². The number of nitrogens with one attached hydrogen (secondary N) is 2. The van der Waals surface area contributed by atoms with E-state index in [-0.39, 0.29) is 64.4 Å². The summed E-state index contributed by atoms with van der Waals surface area (Å²) in [5, 5.41) is 5.03. The van der Waals surface area contributed by atoms with Gasteiger partial charge in [0.25, 0.3) is 5.91 Å². The Morgan fingerprint density at radius 3 is 1.59 bits per heavy atom. The van der Waals surface area contributed by atoms with E-state index in [1.54, 1.807) is 30.3 Å². The Hall–Kier alpha value is -3.06. The Morgan fingerprint density at radius 2 is 1.03 bits per heavy atom. The maximum atomic E-state index is 13.6. The monoisotopic (exact) mass is 588 g/mol. The summed E-state index contributed by atoms with van der Waals surface area (Å²) in [6, 6.07) is 18.8. The first-order valence-electron chi connectivity index (χ1n) is 10.7. The van der Waals surface area contributed by atoms with Crippen LogP contribution in [0.15, 0.2) is 66.7 Å². The van der Waals surface area contributed by atoms with E-state index in [9.17, 15) is 14.4 Å². The normalized spacial score (nSPS) is 12.1. The lowest BCUT2D eigenvalue weighted by molar-refractivity contribution is 0.0979. The van der Waals surface area contributed by atoms with Gasteiger partial charge in [-0.25, -0.2) is 0 Å². The van der Waals surface area contributed by atoms with Crippen molar-refractivity contribution >= 4 is 92.5 Å². The van der Waals surface area contributed by atoms with Crippen LogP contribution in [0.5, 0.6) is 0 Å². The Morgan fingerprint density at radius 1 is 0.568 bits per heavy atom. The summed E-state index contributed by atoms with van der Waals surface area (Å²) < 4.78 is 0. The van der Waals surface area contributed by atoms with Gasteiger partial charge in [0.2, 0.25) is 0 Å². The van der Waals surface area contributed by atoms with Gasteiger partial charge in [-0.15, -0.1) is 0 Å². The molecule has 184 valence electrons. The number of hydrogen-bond donors (Lipinski definition) is 2.